The first-order chi connectivity index (χ1) is 8.61. The van der Waals surface area contributed by atoms with Crippen LogP contribution in [0.3, 0.4) is 0 Å². The highest BCUT2D eigenvalue weighted by atomic mass is 35.5. The number of carbonyl (C=O) groups is 2. The van der Waals surface area contributed by atoms with Gasteiger partial charge in [0, 0.05) is 26.1 Å². The molecule has 1 fully saturated rings. The van der Waals surface area contributed by atoms with Gasteiger partial charge >= 0.3 is 5.97 Å². The number of esters is 1. The molecule has 0 aromatic carbocycles. The van der Waals surface area contributed by atoms with Crippen LogP contribution in [0.25, 0.3) is 0 Å². The second kappa shape index (κ2) is 5.53. The fourth-order valence-electron chi connectivity index (χ4n) is 1.60. The monoisotopic (exact) mass is 289 g/mol. The summed E-state index contributed by atoms with van der Waals surface area (Å²) < 4.78 is 4.62. The van der Waals surface area contributed by atoms with Crippen molar-refractivity contribution in [1.29, 1.82) is 0 Å². The van der Waals surface area contributed by atoms with Gasteiger partial charge in [0.2, 0.25) is 5.91 Å². The number of halogens is 1. The van der Waals surface area contributed by atoms with Crippen LogP contribution in [0.1, 0.15) is 16.1 Å². The van der Waals surface area contributed by atoms with Crippen molar-refractivity contribution >= 4 is 39.9 Å². The molecule has 2 heterocycles. The lowest BCUT2D eigenvalue weighted by atomic mass is 10.4. The molecule has 1 aliphatic heterocycles. The average Bonchev–Trinajstić information content (AvgIpc) is 2.60. The van der Waals surface area contributed by atoms with Crippen LogP contribution in [0.5, 0.6) is 0 Å². The third-order valence-electron chi connectivity index (χ3n) is 2.53. The number of rotatable bonds is 2. The Bertz CT molecular complexity index is 477. The van der Waals surface area contributed by atoms with Crippen molar-refractivity contribution in [3.63, 3.8) is 0 Å². The van der Waals surface area contributed by atoms with Crippen molar-refractivity contribution in [3.05, 3.63) is 10.0 Å². The van der Waals surface area contributed by atoms with Gasteiger partial charge in [-0.3, -0.25) is 4.79 Å². The number of carbonyl (C=O) groups excluding carboxylic acids is 2. The summed E-state index contributed by atoms with van der Waals surface area (Å²) in [6, 6.07) is 0. The Morgan fingerprint density at radius 1 is 1.56 bits per heavy atom. The number of anilines is 1. The van der Waals surface area contributed by atoms with Crippen LogP contribution >= 0.6 is 22.9 Å². The predicted molar refractivity (Wildman–Crippen MR) is 68.3 cm³/mol. The van der Waals surface area contributed by atoms with E-state index in [1.54, 1.807) is 0 Å². The highest BCUT2D eigenvalue weighted by Gasteiger charge is 2.22. The molecule has 0 radical (unpaired) electrons. The Hall–Kier alpha value is -1.34. The van der Waals surface area contributed by atoms with Crippen molar-refractivity contribution in [2.45, 2.75) is 6.42 Å². The Morgan fingerprint density at radius 2 is 2.33 bits per heavy atom. The molecular formula is C10H12ClN3O3S. The number of methoxy groups -OCH3 is 1. The Balaban J connectivity index is 2.18. The van der Waals surface area contributed by atoms with E-state index in [-0.39, 0.29) is 15.9 Å². The van der Waals surface area contributed by atoms with E-state index in [1.807, 2.05) is 4.90 Å². The van der Waals surface area contributed by atoms with Crippen LogP contribution in [0.4, 0.5) is 5.13 Å². The zero-order chi connectivity index (χ0) is 13.1. The lowest BCUT2D eigenvalue weighted by molar-refractivity contribution is -0.120. The van der Waals surface area contributed by atoms with Crippen LogP contribution in [0.15, 0.2) is 0 Å². The van der Waals surface area contributed by atoms with E-state index in [0.717, 1.165) is 0 Å². The number of aromatic nitrogens is 1. The van der Waals surface area contributed by atoms with Gasteiger partial charge in [-0.1, -0.05) is 22.9 Å². The number of nitrogens with one attached hydrogen (secondary N) is 1. The molecule has 2 rings (SSSR count). The predicted octanol–water partition coefficient (Wildman–Crippen LogP) is 0.909. The first-order valence-corrected chi connectivity index (χ1v) is 6.57. The van der Waals surface area contributed by atoms with Crippen molar-refractivity contribution in [1.82, 2.24) is 10.3 Å². The number of thiazole rings is 1. The SMILES string of the molecule is COC(=O)c1sc(N2CCNC(=O)CC2)nc1Cl. The van der Waals surface area contributed by atoms with Gasteiger partial charge in [0.15, 0.2) is 15.2 Å². The molecule has 0 atom stereocenters. The van der Waals surface area contributed by atoms with Gasteiger partial charge in [0.05, 0.1) is 7.11 Å². The molecule has 0 spiro atoms. The number of ether oxygens (including phenoxy) is 1. The largest absolute Gasteiger partial charge is 0.465 e. The molecule has 0 saturated carbocycles. The third-order valence-corrected chi connectivity index (χ3v) is 4.01. The second-order valence-corrected chi connectivity index (χ2v) is 5.03. The molecule has 18 heavy (non-hydrogen) atoms. The summed E-state index contributed by atoms with van der Waals surface area (Å²) >= 11 is 7.07. The van der Waals surface area contributed by atoms with Crippen molar-refractivity contribution in [2.75, 3.05) is 31.6 Å². The van der Waals surface area contributed by atoms with Gasteiger partial charge in [-0.15, -0.1) is 0 Å². The minimum atomic E-state index is -0.493. The molecule has 1 aromatic heterocycles. The summed E-state index contributed by atoms with van der Waals surface area (Å²) in [6.45, 7) is 1.77. The van der Waals surface area contributed by atoms with Crippen molar-refractivity contribution in [2.24, 2.45) is 0 Å². The summed E-state index contributed by atoms with van der Waals surface area (Å²) in [5.74, 6) is -0.471. The van der Waals surface area contributed by atoms with E-state index >= 15 is 0 Å². The van der Waals surface area contributed by atoms with Gasteiger partial charge in [-0.25, -0.2) is 9.78 Å². The molecule has 1 aromatic rings. The summed E-state index contributed by atoms with van der Waals surface area (Å²) in [4.78, 5) is 29.0. The molecule has 1 N–H and O–H groups in total. The van der Waals surface area contributed by atoms with E-state index in [1.165, 1.54) is 18.4 Å². The average molecular weight is 290 g/mol. The summed E-state index contributed by atoms with van der Waals surface area (Å²) in [7, 11) is 1.30. The maximum absolute atomic E-state index is 11.4. The third kappa shape index (κ3) is 2.73. The van der Waals surface area contributed by atoms with Gasteiger partial charge in [0.1, 0.15) is 0 Å². The minimum Gasteiger partial charge on any atom is -0.465 e. The molecule has 8 heteroatoms. The highest BCUT2D eigenvalue weighted by Crippen LogP contribution is 2.30. The van der Waals surface area contributed by atoms with E-state index < -0.39 is 5.97 Å². The molecule has 1 aliphatic rings. The summed E-state index contributed by atoms with van der Waals surface area (Å²) in [6.07, 6.45) is 0.407. The molecule has 0 aliphatic carbocycles. The second-order valence-electron chi connectivity index (χ2n) is 3.69. The van der Waals surface area contributed by atoms with Crippen LogP contribution in [-0.4, -0.2) is 43.6 Å². The fraction of sp³-hybridized carbons (Fsp3) is 0.500. The Kier molecular flexibility index (Phi) is 4.03. The zero-order valence-corrected chi connectivity index (χ0v) is 11.3. The number of hydrogen-bond acceptors (Lipinski definition) is 6. The highest BCUT2D eigenvalue weighted by molar-refractivity contribution is 7.18. The smallest absolute Gasteiger partial charge is 0.351 e. The molecular weight excluding hydrogens is 278 g/mol. The van der Waals surface area contributed by atoms with Gasteiger partial charge < -0.3 is 15.0 Å². The Labute approximate surface area is 113 Å². The maximum Gasteiger partial charge on any atom is 0.351 e. The number of hydrogen-bond donors (Lipinski definition) is 1. The van der Waals surface area contributed by atoms with Gasteiger partial charge in [0.25, 0.3) is 0 Å². The van der Waals surface area contributed by atoms with E-state index in [2.05, 4.69) is 15.0 Å². The first-order valence-electron chi connectivity index (χ1n) is 5.38. The summed E-state index contributed by atoms with van der Waals surface area (Å²) in [5.41, 5.74) is 0. The molecule has 1 saturated heterocycles. The lowest BCUT2D eigenvalue weighted by Gasteiger charge is -2.17. The molecule has 0 bridgehead atoms. The maximum atomic E-state index is 11.4. The molecule has 1 amide bonds. The zero-order valence-electron chi connectivity index (χ0n) is 9.73. The van der Waals surface area contributed by atoms with Crippen LogP contribution < -0.4 is 10.2 Å². The fourth-order valence-corrected chi connectivity index (χ4v) is 2.85. The molecule has 6 nitrogen and oxygen atoms in total. The van der Waals surface area contributed by atoms with E-state index in [9.17, 15) is 9.59 Å². The van der Waals surface area contributed by atoms with Crippen LogP contribution in [0, 0.1) is 0 Å². The van der Waals surface area contributed by atoms with Gasteiger partial charge in [-0.2, -0.15) is 0 Å². The number of amides is 1. The Morgan fingerprint density at radius 3 is 3.06 bits per heavy atom. The van der Waals surface area contributed by atoms with E-state index in [4.69, 9.17) is 11.6 Å². The number of nitrogens with zero attached hydrogens (tertiary/aromatic N) is 2. The first kappa shape index (κ1) is 13.1. The molecule has 0 unspecified atom stereocenters. The topological polar surface area (TPSA) is 71.5 Å². The normalized spacial score (nSPS) is 16.1. The van der Waals surface area contributed by atoms with Crippen molar-refractivity contribution < 1.29 is 14.3 Å². The van der Waals surface area contributed by atoms with Crippen LogP contribution in [0.2, 0.25) is 5.15 Å². The molecule has 98 valence electrons. The quantitative estimate of drug-likeness (QED) is 0.820. The van der Waals surface area contributed by atoms with Crippen molar-refractivity contribution in [3.8, 4) is 0 Å². The summed E-state index contributed by atoms with van der Waals surface area (Å²) in [5, 5.41) is 3.55. The minimum absolute atomic E-state index is 0.0216. The lowest BCUT2D eigenvalue weighted by Crippen LogP contribution is -2.28. The van der Waals surface area contributed by atoms with Crippen LogP contribution in [-0.2, 0) is 9.53 Å². The standard InChI is InChI=1S/C10H12ClN3O3S/c1-17-9(16)7-8(11)13-10(18-7)14-4-2-6(15)12-3-5-14/h2-5H2,1H3,(H,12,15). The van der Waals surface area contributed by atoms with Gasteiger partial charge in [-0.05, 0) is 0 Å². The van der Waals surface area contributed by atoms with E-state index in [0.29, 0.717) is 31.2 Å².